The molecule has 0 aromatic carbocycles. The fourth-order valence-corrected chi connectivity index (χ4v) is 3.08. The van der Waals surface area contributed by atoms with Gasteiger partial charge in [0, 0.05) is 17.9 Å². The standard InChI is InChI=1S/C16H22N2O3/c1-10(15(19)18-11-5-2-3-6-11)17-16(20)13-9-12(13)14-7-4-8-21-14/h4,7-8,10-13H,2-3,5-6,9H2,1H3,(H,17,20)(H,18,19). The van der Waals surface area contributed by atoms with Crippen LogP contribution in [-0.2, 0) is 9.59 Å². The fourth-order valence-electron chi connectivity index (χ4n) is 3.08. The summed E-state index contributed by atoms with van der Waals surface area (Å²) in [6.45, 7) is 1.74. The van der Waals surface area contributed by atoms with Gasteiger partial charge < -0.3 is 15.1 Å². The summed E-state index contributed by atoms with van der Waals surface area (Å²) in [5.74, 6) is 0.845. The van der Waals surface area contributed by atoms with E-state index in [0.717, 1.165) is 25.0 Å². The summed E-state index contributed by atoms with van der Waals surface area (Å²) in [7, 11) is 0. The number of nitrogens with one attached hydrogen (secondary N) is 2. The number of hydrogen-bond acceptors (Lipinski definition) is 3. The van der Waals surface area contributed by atoms with Crippen LogP contribution in [0.5, 0.6) is 0 Å². The molecule has 0 aliphatic heterocycles. The first-order chi connectivity index (χ1) is 10.1. The lowest BCUT2D eigenvalue weighted by Gasteiger charge is -2.17. The Bertz CT molecular complexity index is 506. The van der Waals surface area contributed by atoms with Crippen LogP contribution in [0.25, 0.3) is 0 Å². The van der Waals surface area contributed by atoms with E-state index >= 15 is 0 Å². The Kier molecular flexibility index (Phi) is 3.99. The van der Waals surface area contributed by atoms with E-state index in [0.29, 0.717) is 0 Å². The minimum Gasteiger partial charge on any atom is -0.469 e. The van der Waals surface area contributed by atoms with Gasteiger partial charge in [0.05, 0.1) is 6.26 Å². The zero-order valence-electron chi connectivity index (χ0n) is 12.3. The van der Waals surface area contributed by atoms with Crippen LogP contribution in [0.2, 0.25) is 0 Å². The SMILES string of the molecule is CC(NC(=O)C1CC1c1ccco1)C(=O)NC1CCCC1. The average Bonchev–Trinajstić information content (AvgIpc) is 2.89. The largest absolute Gasteiger partial charge is 0.469 e. The molecule has 0 radical (unpaired) electrons. The number of carbonyl (C=O) groups excluding carboxylic acids is 2. The molecule has 3 atom stereocenters. The van der Waals surface area contributed by atoms with Gasteiger partial charge in [-0.2, -0.15) is 0 Å². The highest BCUT2D eigenvalue weighted by Gasteiger charge is 2.46. The van der Waals surface area contributed by atoms with E-state index in [4.69, 9.17) is 4.42 Å². The molecule has 3 rings (SSSR count). The number of hydrogen-bond donors (Lipinski definition) is 2. The first-order valence-electron chi connectivity index (χ1n) is 7.79. The predicted molar refractivity (Wildman–Crippen MR) is 77.6 cm³/mol. The van der Waals surface area contributed by atoms with Crippen LogP contribution in [0.15, 0.2) is 22.8 Å². The first-order valence-corrected chi connectivity index (χ1v) is 7.79. The molecule has 0 bridgehead atoms. The number of furan rings is 1. The molecule has 3 unspecified atom stereocenters. The summed E-state index contributed by atoms with van der Waals surface area (Å²) in [5.41, 5.74) is 0. The number of carbonyl (C=O) groups is 2. The predicted octanol–water partition coefficient (Wildman–Crippen LogP) is 1.95. The van der Waals surface area contributed by atoms with E-state index in [1.165, 1.54) is 12.8 Å². The van der Waals surface area contributed by atoms with Crippen LogP contribution in [0, 0.1) is 5.92 Å². The highest BCUT2D eigenvalue weighted by molar-refractivity contribution is 5.89. The molecule has 2 fully saturated rings. The third-order valence-electron chi connectivity index (χ3n) is 4.49. The molecule has 0 spiro atoms. The Morgan fingerprint density at radius 1 is 1.33 bits per heavy atom. The van der Waals surface area contributed by atoms with Gasteiger partial charge in [-0.1, -0.05) is 12.8 Å². The van der Waals surface area contributed by atoms with Crippen molar-refractivity contribution >= 4 is 11.8 Å². The molecule has 114 valence electrons. The van der Waals surface area contributed by atoms with Gasteiger partial charge in [0.2, 0.25) is 11.8 Å². The average molecular weight is 290 g/mol. The van der Waals surface area contributed by atoms with Gasteiger partial charge in [0.25, 0.3) is 0 Å². The molecule has 1 aromatic rings. The maximum atomic E-state index is 12.1. The van der Waals surface area contributed by atoms with Gasteiger partial charge in [-0.05, 0) is 38.3 Å². The Balaban J connectivity index is 1.45. The normalized spacial score (nSPS) is 26.3. The fraction of sp³-hybridized carbons (Fsp3) is 0.625. The van der Waals surface area contributed by atoms with Crippen molar-refractivity contribution < 1.29 is 14.0 Å². The summed E-state index contributed by atoms with van der Waals surface area (Å²) in [5, 5.41) is 5.82. The maximum absolute atomic E-state index is 12.1. The van der Waals surface area contributed by atoms with Crippen molar-refractivity contribution in [3.05, 3.63) is 24.2 Å². The number of rotatable bonds is 5. The molecule has 2 N–H and O–H groups in total. The van der Waals surface area contributed by atoms with E-state index in [9.17, 15) is 9.59 Å². The Labute approximate surface area is 124 Å². The van der Waals surface area contributed by atoms with Crippen LogP contribution in [0.3, 0.4) is 0 Å². The minimum atomic E-state index is -0.476. The van der Waals surface area contributed by atoms with E-state index in [1.807, 2.05) is 12.1 Å². The van der Waals surface area contributed by atoms with Gasteiger partial charge in [-0.3, -0.25) is 9.59 Å². The molecule has 0 saturated heterocycles. The molecule has 21 heavy (non-hydrogen) atoms. The van der Waals surface area contributed by atoms with E-state index in [1.54, 1.807) is 13.2 Å². The highest BCUT2D eigenvalue weighted by atomic mass is 16.3. The zero-order chi connectivity index (χ0) is 14.8. The first kappa shape index (κ1) is 14.2. The van der Waals surface area contributed by atoms with Gasteiger partial charge in [0.1, 0.15) is 11.8 Å². The quantitative estimate of drug-likeness (QED) is 0.870. The van der Waals surface area contributed by atoms with Crippen LogP contribution in [0.1, 0.15) is 50.7 Å². The topological polar surface area (TPSA) is 71.3 Å². The lowest BCUT2D eigenvalue weighted by molar-refractivity contribution is -0.129. The van der Waals surface area contributed by atoms with Crippen molar-refractivity contribution in [2.45, 2.75) is 57.0 Å². The van der Waals surface area contributed by atoms with Gasteiger partial charge in [-0.15, -0.1) is 0 Å². The zero-order valence-corrected chi connectivity index (χ0v) is 12.3. The summed E-state index contributed by atoms with van der Waals surface area (Å²) < 4.78 is 5.32. The van der Waals surface area contributed by atoms with Crippen LogP contribution >= 0.6 is 0 Å². The molecule has 2 amide bonds. The summed E-state index contributed by atoms with van der Waals surface area (Å²) in [6.07, 6.45) is 6.89. The van der Waals surface area contributed by atoms with Gasteiger partial charge in [0.15, 0.2) is 0 Å². The molecule has 5 heteroatoms. The lowest BCUT2D eigenvalue weighted by Crippen LogP contribution is -2.48. The molecule has 1 heterocycles. The monoisotopic (exact) mass is 290 g/mol. The van der Waals surface area contributed by atoms with Crippen molar-refractivity contribution in [2.24, 2.45) is 5.92 Å². The van der Waals surface area contributed by atoms with Crippen molar-refractivity contribution in [1.29, 1.82) is 0 Å². The molecular weight excluding hydrogens is 268 g/mol. The van der Waals surface area contributed by atoms with Crippen molar-refractivity contribution in [2.75, 3.05) is 0 Å². The smallest absolute Gasteiger partial charge is 0.242 e. The molecule has 2 saturated carbocycles. The summed E-state index contributed by atoms with van der Waals surface area (Å²) in [6, 6.07) is 3.54. The third-order valence-corrected chi connectivity index (χ3v) is 4.49. The molecular formula is C16H22N2O3. The van der Waals surface area contributed by atoms with E-state index < -0.39 is 6.04 Å². The molecule has 2 aliphatic rings. The Morgan fingerprint density at radius 3 is 2.76 bits per heavy atom. The third kappa shape index (κ3) is 3.28. The lowest BCUT2D eigenvalue weighted by atomic mass is 10.2. The molecule has 5 nitrogen and oxygen atoms in total. The minimum absolute atomic E-state index is 0.0505. The Hall–Kier alpha value is -1.78. The summed E-state index contributed by atoms with van der Waals surface area (Å²) >= 11 is 0. The van der Waals surface area contributed by atoms with Crippen LogP contribution in [-0.4, -0.2) is 23.9 Å². The Morgan fingerprint density at radius 2 is 2.10 bits per heavy atom. The van der Waals surface area contributed by atoms with Crippen molar-refractivity contribution in [3.8, 4) is 0 Å². The van der Waals surface area contributed by atoms with Crippen LogP contribution < -0.4 is 10.6 Å². The van der Waals surface area contributed by atoms with E-state index in [2.05, 4.69) is 10.6 Å². The molecule has 1 aromatic heterocycles. The second-order valence-corrected chi connectivity index (χ2v) is 6.18. The second-order valence-electron chi connectivity index (χ2n) is 6.18. The highest BCUT2D eigenvalue weighted by Crippen LogP contribution is 2.47. The molecule has 2 aliphatic carbocycles. The number of amides is 2. The van der Waals surface area contributed by atoms with Gasteiger partial charge >= 0.3 is 0 Å². The second kappa shape index (κ2) is 5.92. The maximum Gasteiger partial charge on any atom is 0.242 e. The van der Waals surface area contributed by atoms with Crippen LogP contribution in [0.4, 0.5) is 0 Å². The summed E-state index contributed by atoms with van der Waals surface area (Å²) in [4.78, 5) is 24.2. The van der Waals surface area contributed by atoms with Crippen molar-refractivity contribution in [3.63, 3.8) is 0 Å². The van der Waals surface area contributed by atoms with Gasteiger partial charge in [-0.25, -0.2) is 0 Å². The van der Waals surface area contributed by atoms with E-state index in [-0.39, 0.29) is 29.7 Å². The van der Waals surface area contributed by atoms with Crippen molar-refractivity contribution in [1.82, 2.24) is 10.6 Å².